The van der Waals surface area contributed by atoms with Gasteiger partial charge in [0.15, 0.2) is 0 Å². The van der Waals surface area contributed by atoms with E-state index in [-0.39, 0.29) is 0 Å². The fraction of sp³-hybridized carbons (Fsp3) is 0.556. The second-order valence-corrected chi connectivity index (χ2v) is 3.59. The Hall–Kier alpha value is -1.44. The van der Waals surface area contributed by atoms with E-state index in [9.17, 15) is 0 Å². The van der Waals surface area contributed by atoms with E-state index in [1.807, 2.05) is 6.92 Å². The van der Waals surface area contributed by atoms with Crippen LogP contribution in [0.2, 0.25) is 0 Å². The number of ether oxygens (including phenoxy) is 1. The quantitative estimate of drug-likeness (QED) is 0.115. The topological polar surface area (TPSA) is 145 Å². The van der Waals surface area contributed by atoms with Gasteiger partial charge in [-0.3, -0.25) is 5.84 Å². The van der Waals surface area contributed by atoms with Crippen LogP contribution >= 0.6 is 0 Å². The van der Waals surface area contributed by atoms with E-state index in [0.29, 0.717) is 12.5 Å². The molecule has 0 unspecified atom stereocenters. The Morgan fingerprint density at radius 1 is 1.20 bits per heavy atom. The van der Waals surface area contributed by atoms with Crippen LogP contribution in [0.4, 0.5) is 0 Å². The van der Waals surface area contributed by atoms with E-state index in [4.69, 9.17) is 10.6 Å². The summed E-state index contributed by atoms with van der Waals surface area (Å²) in [6.45, 7) is 3.27. The number of aryl methyl sites for hydroxylation is 1. The first-order chi connectivity index (χ1) is 9.88. The molecule has 0 atom stereocenters. The van der Waals surface area contributed by atoms with Gasteiger partial charge in [-0.2, -0.15) is 33.2 Å². The van der Waals surface area contributed by atoms with Crippen LogP contribution in [0.15, 0.2) is 12.5 Å². The molecular weight excluding hydrogens is 264 g/mol. The van der Waals surface area contributed by atoms with Crippen molar-refractivity contribution in [1.29, 1.82) is 0 Å². The van der Waals surface area contributed by atoms with Crippen molar-refractivity contribution in [1.82, 2.24) is 48.6 Å². The molecule has 0 fully saturated rings. The Morgan fingerprint density at radius 2 is 2.00 bits per heavy atom. The van der Waals surface area contributed by atoms with Crippen LogP contribution in [-0.2, 0) is 6.42 Å². The minimum Gasteiger partial charge on any atom is -0.478 e. The van der Waals surface area contributed by atoms with Crippen molar-refractivity contribution >= 4 is 0 Å². The lowest BCUT2D eigenvalue weighted by atomic mass is 10.2. The monoisotopic (exact) mass is 286 g/mol. The number of hydrogen-bond donors (Lipinski definition) is 8. The van der Waals surface area contributed by atoms with E-state index in [0.717, 1.165) is 24.9 Å². The fourth-order valence-electron chi connectivity index (χ4n) is 1.39. The Morgan fingerprint density at radius 3 is 2.80 bits per heavy atom. The lowest BCUT2D eigenvalue weighted by Crippen LogP contribution is -2.62. The number of nitrogens with two attached hydrogens (primary N) is 1. The second-order valence-electron chi connectivity index (χ2n) is 3.59. The minimum atomic E-state index is 0.595. The summed E-state index contributed by atoms with van der Waals surface area (Å²) in [6.07, 6.45) is 5.00. The third kappa shape index (κ3) is 7.22. The molecule has 9 N–H and O–H groups in total. The average molecular weight is 286 g/mol. The van der Waals surface area contributed by atoms with Crippen molar-refractivity contribution < 1.29 is 4.74 Å². The van der Waals surface area contributed by atoms with Crippen molar-refractivity contribution in [2.45, 2.75) is 19.8 Å². The van der Waals surface area contributed by atoms with Crippen molar-refractivity contribution in [3.63, 3.8) is 0 Å². The molecule has 11 heteroatoms. The summed E-state index contributed by atoms with van der Waals surface area (Å²) in [5.74, 6) is 5.60. The van der Waals surface area contributed by atoms with Crippen LogP contribution in [-0.4, -0.2) is 23.1 Å². The van der Waals surface area contributed by atoms with Gasteiger partial charge in [0, 0.05) is 18.3 Å². The third-order valence-corrected chi connectivity index (χ3v) is 2.19. The van der Waals surface area contributed by atoms with Gasteiger partial charge in [-0.05, 0) is 19.8 Å². The summed E-state index contributed by atoms with van der Waals surface area (Å²) in [4.78, 5) is 8.11. The Kier molecular flexibility index (Phi) is 9.46. The van der Waals surface area contributed by atoms with E-state index in [1.54, 1.807) is 6.20 Å². The average Bonchev–Trinajstić information content (AvgIpc) is 2.47. The molecule has 1 heterocycles. The predicted molar refractivity (Wildman–Crippen MR) is 72.5 cm³/mol. The van der Waals surface area contributed by atoms with Crippen LogP contribution in [0.25, 0.3) is 0 Å². The zero-order chi connectivity index (χ0) is 14.5. The van der Waals surface area contributed by atoms with Crippen LogP contribution in [0.3, 0.4) is 0 Å². The van der Waals surface area contributed by atoms with Gasteiger partial charge in [0.05, 0.1) is 6.61 Å². The van der Waals surface area contributed by atoms with Crippen LogP contribution in [0.1, 0.15) is 18.9 Å². The minimum absolute atomic E-state index is 0.595. The summed E-state index contributed by atoms with van der Waals surface area (Å²) >= 11 is 0. The van der Waals surface area contributed by atoms with E-state index < -0.39 is 0 Å². The molecule has 114 valence electrons. The standard InChI is InChI=1S/C9H22N10O/c1-2-20-9-8(6-11-7-12-9)4-3-5-13-15-17-19-18-16-14-10/h6-7,13-19H,2-5,10H2,1H3. The van der Waals surface area contributed by atoms with Gasteiger partial charge < -0.3 is 4.74 Å². The lowest BCUT2D eigenvalue weighted by Gasteiger charge is -2.11. The summed E-state index contributed by atoms with van der Waals surface area (Å²) < 4.78 is 5.43. The molecule has 0 amide bonds. The number of nitrogens with zero attached hydrogens (tertiary/aromatic N) is 2. The van der Waals surface area contributed by atoms with Crippen LogP contribution < -0.4 is 49.2 Å². The molecule has 0 aliphatic heterocycles. The fourth-order valence-corrected chi connectivity index (χ4v) is 1.39. The van der Waals surface area contributed by atoms with Gasteiger partial charge in [-0.25, -0.2) is 15.4 Å². The molecule has 0 bridgehead atoms. The van der Waals surface area contributed by atoms with Crippen LogP contribution in [0.5, 0.6) is 5.88 Å². The summed E-state index contributed by atoms with van der Waals surface area (Å²) in [5, 5.41) is 0. The molecule has 1 rings (SSSR count). The van der Waals surface area contributed by atoms with Crippen molar-refractivity contribution in [3.8, 4) is 5.88 Å². The van der Waals surface area contributed by atoms with Crippen molar-refractivity contribution in [2.75, 3.05) is 13.2 Å². The molecule has 0 spiro atoms. The smallest absolute Gasteiger partial charge is 0.219 e. The highest BCUT2D eigenvalue weighted by molar-refractivity contribution is 5.22. The largest absolute Gasteiger partial charge is 0.478 e. The van der Waals surface area contributed by atoms with Gasteiger partial charge in [0.25, 0.3) is 0 Å². The maximum absolute atomic E-state index is 5.43. The molecule has 0 aliphatic rings. The Bertz CT molecular complexity index is 351. The number of nitrogens with one attached hydrogen (secondary N) is 7. The highest BCUT2D eigenvalue weighted by Crippen LogP contribution is 2.14. The zero-order valence-corrected chi connectivity index (χ0v) is 11.4. The van der Waals surface area contributed by atoms with Crippen LogP contribution in [0, 0.1) is 0 Å². The van der Waals surface area contributed by atoms with Crippen molar-refractivity contribution in [2.24, 2.45) is 5.84 Å². The third-order valence-electron chi connectivity index (χ3n) is 2.19. The Labute approximate surface area is 117 Å². The van der Waals surface area contributed by atoms with Gasteiger partial charge in [-0.15, -0.1) is 0 Å². The highest BCUT2D eigenvalue weighted by Gasteiger charge is 2.03. The van der Waals surface area contributed by atoms with Crippen molar-refractivity contribution in [3.05, 3.63) is 18.1 Å². The maximum Gasteiger partial charge on any atom is 0.219 e. The zero-order valence-electron chi connectivity index (χ0n) is 11.4. The molecule has 0 aliphatic carbocycles. The molecule has 0 saturated heterocycles. The summed E-state index contributed by atoms with van der Waals surface area (Å²) in [6, 6.07) is 0. The second kappa shape index (κ2) is 11.4. The molecule has 20 heavy (non-hydrogen) atoms. The number of hydrogen-bond acceptors (Lipinski definition) is 11. The molecule has 0 radical (unpaired) electrons. The van der Waals surface area contributed by atoms with E-state index >= 15 is 0 Å². The van der Waals surface area contributed by atoms with E-state index in [1.165, 1.54) is 6.33 Å². The maximum atomic E-state index is 5.43. The van der Waals surface area contributed by atoms with Gasteiger partial charge in [0.1, 0.15) is 6.33 Å². The normalized spacial score (nSPS) is 10.7. The number of hydrazine groups is 7. The molecule has 0 saturated carbocycles. The molecule has 1 aromatic heterocycles. The Balaban J connectivity index is 2.06. The molecular formula is C9H22N10O. The predicted octanol–water partition coefficient (Wildman–Crippen LogP) is -2.70. The first-order valence-electron chi connectivity index (χ1n) is 6.23. The molecule has 1 aromatic rings. The number of aromatic nitrogens is 2. The highest BCUT2D eigenvalue weighted by atomic mass is 16.5. The lowest BCUT2D eigenvalue weighted by molar-refractivity contribution is 0.273. The molecule has 0 aromatic carbocycles. The number of rotatable bonds is 12. The van der Waals surface area contributed by atoms with Gasteiger partial charge in [-0.1, -0.05) is 0 Å². The molecule has 11 nitrogen and oxygen atoms in total. The van der Waals surface area contributed by atoms with Gasteiger partial charge in [0.2, 0.25) is 5.88 Å². The summed E-state index contributed by atoms with van der Waals surface area (Å²) in [7, 11) is 0. The van der Waals surface area contributed by atoms with E-state index in [2.05, 4.69) is 48.6 Å². The van der Waals surface area contributed by atoms with Gasteiger partial charge >= 0.3 is 0 Å². The first kappa shape index (κ1) is 16.6. The first-order valence-corrected chi connectivity index (χ1v) is 6.23. The summed E-state index contributed by atoms with van der Waals surface area (Å²) in [5.41, 5.74) is 18.9. The SMILES string of the molecule is CCOc1ncncc1CCCNNNNNNNN.